The molecule has 21 heavy (non-hydrogen) atoms. The maximum atomic E-state index is 13.6. The van der Waals surface area contributed by atoms with E-state index in [1.54, 1.807) is 4.72 Å². The number of hydrogen-bond acceptors (Lipinski definition) is 3. The van der Waals surface area contributed by atoms with Gasteiger partial charge in [-0.25, -0.2) is 21.6 Å². The Kier molecular flexibility index (Phi) is 4.15. The second kappa shape index (κ2) is 5.57. The maximum absolute atomic E-state index is 13.6. The number of nitrogens with one attached hydrogen (secondary N) is 1. The molecule has 0 aliphatic heterocycles. The van der Waals surface area contributed by atoms with Crippen LogP contribution in [-0.2, 0) is 10.0 Å². The van der Waals surface area contributed by atoms with Crippen molar-refractivity contribution < 1.29 is 21.6 Å². The molecule has 0 saturated carbocycles. The molecular weight excluding hydrogens is 373 g/mol. The summed E-state index contributed by atoms with van der Waals surface area (Å²) >= 11 is 2.87. The van der Waals surface area contributed by atoms with E-state index in [1.807, 2.05) is 0 Å². The highest BCUT2D eigenvalue weighted by atomic mass is 79.9. The van der Waals surface area contributed by atoms with E-state index < -0.39 is 38.1 Å². The standard InChI is InChI=1S/C12H8BrF3N2O2S/c13-6-1-10(15)12(11(16)2-6)18-21(19,20)9-4-7(14)3-8(17)5-9/h1-5,18H,17H2. The molecule has 0 spiro atoms. The summed E-state index contributed by atoms with van der Waals surface area (Å²) in [6.45, 7) is 0. The molecule has 2 rings (SSSR count). The largest absolute Gasteiger partial charge is 0.399 e. The van der Waals surface area contributed by atoms with Crippen molar-refractivity contribution in [1.29, 1.82) is 0 Å². The molecule has 0 fully saturated rings. The van der Waals surface area contributed by atoms with Gasteiger partial charge in [-0.05, 0) is 30.3 Å². The Balaban J connectivity index is 2.47. The lowest BCUT2D eigenvalue weighted by molar-refractivity contribution is 0.580. The molecule has 3 N–H and O–H groups in total. The van der Waals surface area contributed by atoms with E-state index in [9.17, 15) is 21.6 Å². The number of rotatable bonds is 3. The smallest absolute Gasteiger partial charge is 0.262 e. The van der Waals surface area contributed by atoms with Crippen molar-refractivity contribution in [3.8, 4) is 0 Å². The molecule has 0 bridgehead atoms. The lowest BCUT2D eigenvalue weighted by atomic mass is 10.3. The van der Waals surface area contributed by atoms with Gasteiger partial charge in [0.15, 0.2) is 11.6 Å². The minimum atomic E-state index is -4.38. The van der Waals surface area contributed by atoms with Crippen LogP contribution in [0.15, 0.2) is 39.7 Å². The van der Waals surface area contributed by atoms with Crippen molar-refractivity contribution in [2.45, 2.75) is 4.90 Å². The molecule has 2 aromatic rings. The van der Waals surface area contributed by atoms with E-state index in [0.29, 0.717) is 6.07 Å². The SMILES string of the molecule is Nc1cc(F)cc(S(=O)(=O)Nc2c(F)cc(Br)cc2F)c1. The monoisotopic (exact) mass is 380 g/mol. The third-order valence-electron chi connectivity index (χ3n) is 2.45. The van der Waals surface area contributed by atoms with E-state index >= 15 is 0 Å². The highest BCUT2D eigenvalue weighted by Crippen LogP contribution is 2.27. The van der Waals surface area contributed by atoms with E-state index in [0.717, 1.165) is 24.3 Å². The van der Waals surface area contributed by atoms with Crippen molar-refractivity contribution in [1.82, 2.24) is 0 Å². The fourth-order valence-corrected chi connectivity index (χ4v) is 3.12. The van der Waals surface area contributed by atoms with Crippen LogP contribution in [0.1, 0.15) is 0 Å². The van der Waals surface area contributed by atoms with Gasteiger partial charge in [0.05, 0.1) is 4.90 Å². The molecule has 0 heterocycles. The van der Waals surface area contributed by atoms with Crippen LogP contribution in [0.2, 0.25) is 0 Å². The zero-order valence-electron chi connectivity index (χ0n) is 10.2. The van der Waals surface area contributed by atoms with Gasteiger partial charge in [-0.15, -0.1) is 0 Å². The van der Waals surface area contributed by atoms with Gasteiger partial charge in [0, 0.05) is 10.2 Å². The van der Waals surface area contributed by atoms with Crippen LogP contribution in [0.25, 0.3) is 0 Å². The third-order valence-corrected chi connectivity index (χ3v) is 4.23. The molecule has 0 aromatic heterocycles. The Morgan fingerprint density at radius 1 is 1.00 bits per heavy atom. The first-order valence-electron chi connectivity index (χ1n) is 5.42. The Morgan fingerprint density at radius 3 is 2.10 bits per heavy atom. The molecule has 0 aliphatic carbocycles. The van der Waals surface area contributed by atoms with Gasteiger partial charge in [0.1, 0.15) is 11.5 Å². The zero-order chi connectivity index (χ0) is 15.8. The molecule has 0 unspecified atom stereocenters. The molecule has 112 valence electrons. The Morgan fingerprint density at radius 2 is 1.57 bits per heavy atom. The first-order chi connectivity index (χ1) is 9.69. The molecular formula is C12H8BrF3N2O2S. The number of halogens is 4. The molecule has 0 atom stereocenters. The Labute approximate surface area is 127 Å². The average molecular weight is 381 g/mol. The van der Waals surface area contributed by atoms with Crippen LogP contribution < -0.4 is 10.5 Å². The summed E-state index contributed by atoms with van der Waals surface area (Å²) in [4.78, 5) is -0.540. The van der Waals surface area contributed by atoms with E-state index in [2.05, 4.69) is 15.9 Å². The highest BCUT2D eigenvalue weighted by Gasteiger charge is 2.21. The van der Waals surface area contributed by atoms with Crippen LogP contribution in [0, 0.1) is 17.5 Å². The quantitative estimate of drug-likeness (QED) is 0.802. The second-order valence-corrected chi connectivity index (χ2v) is 6.67. The van der Waals surface area contributed by atoms with Crippen LogP contribution in [0.3, 0.4) is 0 Å². The number of nitrogens with two attached hydrogens (primary N) is 1. The summed E-state index contributed by atoms with van der Waals surface area (Å²) in [5, 5.41) is 0. The number of sulfonamides is 1. The summed E-state index contributed by atoms with van der Waals surface area (Å²) < 4.78 is 66.3. The topological polar surface area (TPSA) is 72.2 Å². The van der Waals surface area contributed by atoms with Crippen molar-refractivity contribution in [3.63, 3.8) is 0 Å². The molecule has 0 saturated heterocycles. The molecule has 0 aliphatic rings. The van der Waals surface area contributed by atoms with Gasteiger partial charge in [0.25, 0.3) is 10.0 Å². The molecule has 2 aromatic carbocycles. The molecule has 4 nitrogen and oxygen atoms in total. The van der Waals surface area contributed by atoms with Gasteiger partial charge in [-0.1, -0.05) is 15.9 Å². The van der Waals surface area contributed by atoms with Gasteiger partial charge in [0.2, 0.25) is 0 Å². The van der Waals surface area contributed by atoms with Crippen molar-refractivity contribution >= 4 is 37.3 Å². The molecule has 0 radical (unpaired) electrons. The van der Waals surface area contributed by atoms with E-state index in [1.165, 1.54) is 0 Å². The summed E-state index contributed by atoms with van der Waals surface area (Å²) in [5.41, 5.74) is 4.35. The lowest BCUT2D eigenvalue weighted by Gasteiger charge is -2.11. The van der Waals surface area contributed by atoms with Crippen LogP contribution in [-0.4, -0.2) is 8.42 Å². The third kappa shape index (κ3) is 3.48. The van der Waals surface area contributed by atoms with E-state index in [-0.39, 0.29) is 10.2 Å². The second-order valence-electron chi connectivity index (χ2n) is 4.07. The highest BCUT2D eigenvalue weighted by molar-refractivity contribution is 9.10. The first-order valence-corrected chi connectivity index (χ1v) is 7.70. The zero-order valence-corrected chi connectivity index (χ0v) is 12.6. The fraction of sp³-hybridized carbons (Fsp3) is 0. The fourth-order valence-electron chi connectivity index (χ4n) is 1.57. The summed E-state index contributed by atoms with van der Waals surface area (Å²) in [5.74, 6) is -3.11. The normalized spacial score (nSPS) is 11.4. The maximum Gasteiger partial charge on any atom is 0.262 e. The molecule has 0 amide bonds. The van der Waals surface area contributed by atoms with Gasteiger partial charge < -0.3 is 5.73 Å². The predicted molar refractivity (Wildman–Crippen MR) is 75.7 cm³/mol. The van der Waals surface area contributed by atoms with Gasteiger partial charge in [-0.3, -0.25) is 4.72 Å². The predicted octanol–water partition coefficient (Wildman–Crippen LogP) is 3.25. The lowest BCUT2D eigenvalue weighted by Crippen LogP contribution is -2.15. The number of nitrogen functional groups attached to an aromatic ring is 1. The van der Waals surface area contributed by atoms with E-state index in [4.69, 9.17) is 5.73 Å². The first kappa shape index (κ1) is 15.6. The van der Waals surface area contributed by atoms with Crippen LogP contribution >= 0.6 is 15.9 Å². The van der Waals surface area contributed by atoms with Crippen LogP contribution in [0.5, 0.6) is 0 Å². The Hall–Kier alpha value is -1.74. The van der Waals surface area contributed by atoms with Crippen molar-refractivity contribution in [2.24, 2.45) is 0 Å². The number of anilines is 2. The summed E-state index contributed by atoms with van der Waals surface area (Å²) in [6.07, 6.45) is 0. The Bertz CT molecular complexity index is 769. The number of hydrogen-bond donors (Lipinski definition) is 2. The van der Waals surface area contributed by atoms with Gasteiger partial charge in [-0.2, -0.15) is 0 Å². The minimum absolute atomic E-state index is 0.107. The van der Waals surface area contributed by atoms with Crippen molar-refractivity contribution in [2.75, 3.05) is 10.5 Å². The minimum Gasteiger partial charge on any atom is -0.399 e. The summed E-state index contributed by atoms with van der Waals surface area (Å²) in [6, 6.07) is 4.36. The average Bonchev–Trinajstić information content (AvgIpc) is 2.32. The van der Waals surface area contributed by atoms with Crippen LogP contribution in [0.4, 0.5) is 24.5 Å². The van der Waals surface area contributed by atoms with Gasteiger partial charge >= 0.3 is 0 Å². The van der Waals surface area contributed by atoms with Crippen molar-refractivity contribution in [3.05, 3.63) is 52.3 Å². The molecule has 9 heteroatoms. The number of benzene rings is 2. The summed E-state index contributed by atoms with van der Waals surface area (Å²) in [7, 11) is -4.38.